The molecular weight excluding hydrogens is 352 g/mol. The molecule has 0 spiro atoms. The molecule has 0 aliphatic carbocycles. The van der Waals surface area contributed by atoms with E-state index >= 15 is 0 Å². The molecule has 1 aliphatic rings. The van der Waals surface area contributed by atoms with Crippen LogP contribution in [0.5, 0.6) is 11.5 Å². The van der Waals surface area contributed by atoms with Crippen LogP contribution >= 0.6 is 0 Å². The summed E-state index contributed by atoms with van der Waals surface area (Å²) in [5.74, 6) is 4.34. The highest BCUT2D eigenvalue weighted by molar-refractivity contribution is 5.94. The molecule has 1 N–H and O–H groups in total. The van der Waals surface area contributed by atoms with Crippen LogP contribution in [0.25, 0.3) is 0 Å². The van der Waals surface area contributed by atoms with Crippen LogP contribution in [-0.4, -0.2) is 24.7 Å². The fourth-order valence-corrected chi connectivity index (χ4v) is 2.79. The summed E-state index contributed by atoms with van der Waals surface area (Å²) in [5, 5.41) is 2.51. The number of halogens is 2. The summed E-state index contributed by atoms with van der Waals surface area (Å²) >= 11 is 0. The van der Waals surface area contributed by atoms with Gasteiger partial charge in [0, 0.05) is 17.5 Å². The van der Waals surface area contributed by atoms with Crippen molar-refractivity contribution in [2.75, 3.05) is 13.2 Å². The van der Waals surface area contributed by atoms with Gasteiger partial charge in [0.15, 0.2) is 23.1 Å². The summed E-state index contributed by atoms with van der Waals surface area (Å²) in [5.41, 5.74) is 0.883. The first-order valence-electron chi connectivity index (χ1n) is 8.48. The topological polar surface area (TPSA) is 47.6 Å². The first kappa shape index (κ1) is 18.7. The van der Waals surface area contributed by atoms with Crippen molar-refractivity contribution < 1.29 is 23.0 Å². The summed E-state index contributed by atoms with van der Waals surface area (Å²) in [6.07, 6.45) is 0.821. The molecule has 0 atom stereocenters. The van der Waals surface area contributed by atoms with Gasteiger partial charge in [-0.15, -0.1) is 0 Å². The van der Waals surface area contributed by atoms with Gasteiger partial charge in [-0.05, 0) is 38.1 Å². The van der Waals surface area contributed by atoms with Crippen LogP contribution in [0.2, 0.25) is 0 Å². The summed E-state index contributed by atoms with van der Waals surface area (Å²) in [4.78, 5) is 11.8. The van der Waals surface area contributed by atoms with E-state index in [2.05, 4.69) is 17.2 Å². The lowest BCUT2D eigenvalue weighted by Crippen LogP contribution is -2.24. The Morgan fingerprint density at radius 1 is 1.22 bits per heavy atom. The van der Waals surface area contributed by atoms with Gasteiger partial charge >= 0.3 is 0 Å². The molecule has 0 unspecified atom stereocenters. The van der Waals surface area contributed by atoms with Gasteiger partial charge in [-0.3, -0.25) is 4.79 Å². The van der Waals surface area contributed by atoms with Gasteiger partial charge in [0.2, 0.25) is 0 Å². The minimum Gasteiger partial charge on any atom is -0.483 e. The van der Waals surface area contributed by atoms with E-state index < -0.39 is 17.5 Å². The Balaban J connectivity index is 1.49. The maximum absolute atomic E-state index is 13.1. The molecule has 140 valence electrons. The predicted octanol–water partition coefficient (Wildman–Crippen LogP) is 3.49. The van der Waals surface area contributed by atoms with E-state index in [-0.39, 0.29) is 24.3 Å². The van der Waals surface area contributed by atoms with E-state index in [0.29, 0.717) is 5.75 Å². The van der Waals surface area contributed by atoms with E-state index in [1.807, 2.05) is 32.0 Å². The van der Waals surface area contributed by atoms with Crippen molar-refractivity contribution >= 4 is 5.91 Å². The summed E-state index contributed by atoms with van der Waals surface area (Å²) in [6.45, 7) is 4.25. The molecule has 3 rings (SSSR count). The molecule has 27 heavy (non-hydrogen) atoms. The fraction of sp³-hybridized carbons (Fsp3) is 0.286. The Bertz CT molecular complexity index is 929. The fourth-order valence-electron chi connectivity index (χ4n) is 2.79. The molecule has 1 amide bonds. The van der Waals surface area contributed by atoms with Crippen molar-refractivity contribution in [2.45, 2.75) is 25.9 Å². The molecule has 1 aliphatic heterocycles. The number of carbonyl (C=O) groups is 1. The summed E-state index contributed by atoms with van der Waals surface area (Å²) in [6, 6.07) is 8.71. The second kappa shape index (κ2) is 7.67. The zero-order valence-electron chi connectivity index (χ0n) is 15.1. The van der Waals surface area contributed by atoms with E-state index in [0.717, 1.165) is 29.9 Å². The van der Waals surface area contributed by atoms with Crippen LogP contribution in [0.3, 0.4) is 0 Å². The van der Waals surface area contributed by atoms with Gasteiger partial charge in [0.25, 0.3) is 5.91 Å². The Kier molecular flexibility index (Phi) is 5.31. The third-order valence-corrected chi connectivity index (χ3v) is 4.00. The molecule has 0 radical (unpaired) electrons. The smallest absolute Gasteiger partial charge is 0.252 e. The first-order valence-corrected chi connectivity index (χ1v) is 8.48. The largest absolute Gasteiger partial charge is 0.483 e. The van der Waals surface area contributed by atoms with E-state index in [4.69, 9.17) is 9.47 Å². The number of nitrogens with one attached hydrogen (secondary N) is 1. The van der Waals surface area contributed by atoms with Gasteiger partial charge in [-0.1, -0.05) is 24.0 Å². The highest BCUT2D eigenvalue weighted by Gasteiger charge is 2.32. The number of ether oxygens (including phenoxy) is 2. The number of para-hydroxylation sites is 1. The monoisotopic (exact) mass is 371 g/mol. The van der Waals surface area contributed by atoms with Gasteiger partial charge in [-0.2, -0.15) is 0 Å². The number of rotatable bonds is 4. The van der Waals surface area contributed by atoms with Gasteiger partial charge in [0.05, 0.1) is 6.54 Å². The molecule has 0 saturated carbocycles. The molecule has 0 aromatic heterocycles. The molecule has 2 aromatic carbocycles. The van der Waals surface area contributed by atoms with Gasteiger partial charge < -0.3 is 14.8 Å². The molecule has 0 bridgehead atoms. The van der Waals surface area contributed by atoms with Crippen LogP contribution in [0.15, 0.2) is 36.4 Å². The molecule has 6 heteroatoms. The number of hydrogen-bond acceptors (Lipinski definition) is 3. The van der Waals surface area contributed by atoms with Crippen LogP contribution in [0.4, 0.5) is 8.78 Å². The average Bonchev–Trinajstić information content (AvgIpc) is 2.94. The van der Waals surface area contributed by atoms with E-state index in [1.165, 1.54) is 6.07 Å². The van der Waals surface area contributed by atoms with Gasteiger partial charge in [0.1, 0.15) is 12.2 Å². The second-order valence-corrected chi connectivity index (χ2v) is 6.74. The minimum absolute atomic E-state index is 0.0339. The lowest BCUT2D eigenvalue weighted by Gasteiger charge is -2.17. The highest BCUT2D eigenvalue weighted by atomic mass is 19.2. The molecule has 1 heterocycles. The minimum atomic E-state index is -1.07. The summed E-state index contributed by atoms with van der Waals surface area (Å²) < 4.78 is 37.6. The van der Waals surface area contributed by atoms with Crippen molar-refractivity contribution in [3.8, 4) is 23.3 Å². The number of benzene rings is 2. The van der Waals surface area contributed by atoms with Crippen molar-refractivity contribution in [3.05, 3.63) is 59.2 Å². The summed E-state index contributed by atoms with van der Waals surface area (Å²) in [7, 11) is 0. The zero-order valence-corrected chi connectivity index (χ0v) is 15.1. The highest BCUT2D eigenvalue weighted by Crippen LogP contribution is 2.41. The Hall–Kier alpha value is -3.07. The average molecular weight is 371 g/mol. The van der Waals surface area contributed by atoms with Crippen molar-refractivity contribution in [2.24, 2.45) is 0 Å². The van der Waals surface area contributed by atoms with Crippen molar-refractivity contribution in [1.82, 2.24) is 5.32 Å². The second-order valence-electron chi connectivity index (χ2n) is 6.74. The predicted molar refractivity (Wildman–Crippen MR) is 96.8 cm³/mol. The maximum atomic E-state index is 13.1. The standard InChI is InChI=1S/C21H19F2NO3/c1-21(2)13-15-6-5-7-18(19(15)27-21)26-11-4-3-10-24-20(25)14-8-9-16(22)17(23)12-14/h5-9,12H,10-11,13H2,1-2H3,(H,24,25). The van der Waals surface area contributed by atoms with Crippen molar-refractivity contribution in [3.63, 3.8) is 0 Å². The maximum Gasteiger partial charge on any atom is 0.252 e. The number of fused-ring (bicyclic) bond motifs is 1. The van der Waals surface area contributed by atoms with Crippen LogP contribution < -0.4 is 14.8 Å². The lowest BCUT2D eigenvalue weighted by molar-refractivity contribution is 0.0958. The van der Waals surface area contributed by atoms with E-state index in [1.54, 1.807) is 0 Å². The van der Waals surface area contributed by atoms with Crippen molar-refractivity contribution in [1.29, 1.82) is 0 Å². The van der Waals surface area contributed by atoms with Crippen LogP contribution in [-0.2, 0) is 6.42 Å². The normalized spacial score (nSPS) is 13.8. The molecule has 4 nitrogen and oxygen atoms in total. The first-order chi connectivity index (χ1) is 12.9. The Labute approximate surface area is 156 Å². The molecule has 0 fully saturated rings. The van der Waals surface area contributed by atoms with Crippen LogP contribution in [0.1, 0.15) is 29.8 Å². The SMILES string of the molecule is CC1(C)Cc2cccc(OCC#CCNC(=O)c3ccc(F)c(F)c3)c2O1. The number of carbonyl (C=O) groups excluding carboxylic acids is 1. The third-order valence-electron chi connectivity index (χ3n) is 4.00. The van der Waals surface area contributed by atoms with E-state index in [9.17, 15) is 13.6 Å². The lowest BCUT2D eigenvalue weighted by atomic mass is 10.0. The Morgan fingerprint density at radius 2 is 2.04 bits per heavy atom. The van der Waals surface area contributed by atoms with Gasteiger partial charge in [-0.25, -0.2) is 8.78 Å². The van der Waals surface area contributed by atoms with Crippen LogP contribution in [0, 0.1) is 23.5 Å². The quantitative estimate of drug-likeness (QED) is 0.837. The number of amides is 1. The number of hydrogen-bond donors (Lipinski definition) is 1. The third kappa shape index (κ3) is 4.56. The molecule has 0 saturated heterocycles. The molecular formula is C21H19F2NO3. The molecule has 2 aromatic rings. The Morgan fingerprint density at radius 3 is 2.81 bits per heavy atom. The zero-order chi connectivity index (χ0) is 19.4.